The van der Waals surface area contributed by atoms with Gasteiger partial charge >= 0.3 is 6.09 Å². The molecule has 0 saturated heterocycles. The fraction of sp³-hybridized carbons (Fsp3) is 0.886. The van der Waals surface area contributed by atoms with Crippen molar-refractivity contribution in [1.82, 2.24) is 5.32 Å². The summed E-state index contributed by atoms with van der Waals surface area (Å²) in [5.41, 5.74) is 1.76. The largest absolute Gasteiger partial charge is 0.444 e. The number of carbonyl (C=O) groups is 2. The molecule has 0 heterocycles. The van der Waals surface area contributed by atoms with E-state index in [9.17, 15) is 9.59 Å². The summed E-state index contributed by atoms with van der Waals surface area (Å²) in [6.07, 6.45) is 12.6. The molecule has 220 valence electrons. The van der Waals surface area contributed by atoms with Gasteiger partial charge in [-0.25, -0.2) is 4.79 Å². The van der Waals surface area contributed by atoms with Crippen LogP contribution in [-0.2, 0) is 9.53 Å². The zero-order valence-electron chi connectivity index (χ0n) is 26.8. The first-order valence-corrected chi connectivity index (χ1v) is 16.1. The van der Waals surface area contributed by atoms with Gasteiger partial charge in [-0.1, -0.05) is 60.1 Å². The molecule has 0 unspecified atom stereocenters. The van der Waals surface area contributed by atoms with Crippen LogP contribution < -0.4 is 5.32 Å². The van der Waals surface area contributed by atoms with Gasteiger partial charge < -0.3 is 10.1 Å². The first-order chi connectivity index (χ1) is 17.9. The van der Waals surface area contributed by atoms with Crippen molar-refractivity contribution in [2.24, 2.45) is 56.7 Å². The molecular formula is C35H57NO3. The van der Waals surface area contributed by atoms with Crippen molar-refractivity contribution in [3.8, 4) is 0 Å². The molecule has 5 aliphatic rings. The van der Waals surface area contributed by atoms with E-state index in [0.717, 1.165) is 19.3 Å². The van der Waals surface area contributed by atoms with Gasteiger partial charge in [0.15, 0.2) is 0 Å². The molecule has 4 heteroatoms. The zero-order chi connectivity index (χ0) is 28.8. The Bertz CT molecular complexity index is 1050. The summed E-state index contributed by atoms with van der Waals surface area (Å²) in [6.45, 7) is 23.8. The van der Waals surface area contributed by atoms with Crippen LogP contribution in [0.2, 0.25) is 0 Å². The third kappa shape index (κ3) is 4.18. The predicted molar refractivity (Wildman–Crippen MR) is 158 cm³/mol. The highest BCUT2D eigenvalue weighted by Gasteiger charge is 2.68. The van der Waals surface area contributed by atoms with Crippen LogP contribution in [0.3, 0.4) is 0 Å². The Labute approximate surface area is 238 Å². The third-order valence-electron chi connectivity index (χ3n) is 13.9. The Balaban J connectivity index is 1.51. The van der Waals surface area contributed by atoms with Crippen LogP contribution in [0.4, 0.5) is 4.79 Å². The molecule has 9 atom stereocenters. The van der Waals surface area contributed by atoms with Crippen molar-refractivity contribution in [2.75, 3.05) is 6.54 Å². The molecule has 1 N–H and O–H groups in total. The molecule has 39 heavy (non-hydrogen) atoms. The minimum absolute atomic E-state index is 0.109. The van der Waals surface area contributed by atoms with Gasteiger partial charge in [0, 0.05) is 18.4 Å². The first-order valence-electron chi connectivity index (χ1n) is 16.1. The smallest absolute Gasteiger partial charge is 0.407 e. The maximum atomic E-state index is 13.0. The van der Waals surface area contributed by atoms with E-state index in [4.69, 9.17) is 4.74 Å². The molecule has 0 aromatic rings. The molecule has 4 nitrogen and oxygen atoms in total. The number of rotatable bonds is 2. The molecule has 0 aromatic heterocycles. The second-order valence-electron chi connectivity index (χ2n) is 17.0. The minimum Gasteiger partial charge on any atom is -0.444 e. The molecule has 0 radical (unpaired) electrons. The van der Waals surface area contributed by atoms with Crippen LogP contribution in [0, 0.1) is 56.7 Å². The Morgan fingerprint density at radius 1 is 0.974 bits per heavy atom. The topological polar surface area (TPSA) is 55.4 Å². The van der Waals surface area contributed by atoms with E-state index in [0.29, 0.717) is 41.9 Å². The molecule has 4 fully saturated rings. The maximum absolute atomic E-state index is 13.0. The van der Waals surface area contributed by atoms with E-state index in [-0.39, 0.29) is 33.2 Å². The molecule has 1 amide bonds. The van der Waals surface area contributed by atoms with Crippen LogP contribution >= 0.6 is 0 Å². The van der Waals surface area contributed by atoms with E-state index in [1.54, 1.807) is 5.57 Å². The molecule has 4 saturated carbocycles. The van der Waals surface area contributed by atoms with Crippen molar-refractivity contribution in [3.05, 3.63) is 11.6 Å². The lowest BCUT2D eigenvalue weighted by Gasteiger charge is -2.71. The van der Waals surface area contributed by atoms with Gasteiger partial charge in [0.05, 0.1) is 0 Å². The van der Waals surface area contributed by atoms with Crippen LogP contribution in [0.5, 0.6) is 0 Å². The monoisotopic (exact) mass is 539 g/mol. The van der Waals surface area contributed by atoms with Gasteiger partial charge in [0.1, 0.15) is 11.4 Å². The average Bonchev–Trinajstić information content (AvgIpc) is 2.82. The minimum atomic E-state index is -0.483. The summed E-state index contributed by atoms with van der Waals surface area (Å²) < 4.78 is 5.66. The van der Waals surface area contributed by atoms with Crippen molar-refractivity contribution < 1.29 is 14.3 Å². The van der Waals surface area contributed by atoms with Crippen LogP contribution in [-0.4, -0.2) is 24.0 Å². The lowest BCUT2D eigenvalue weighted by molar-refractivity contribution is -0.185. The summed E-state index contributed by atoms with van der Waals surface area (Å²) in [6, 6.07) is 0. The van der Waals surface area contributed by atoms with Crippen molar-refractivity contribution in [3.63, 3.8) is 0 Å². The number of hydrogen-bond donors (Lipinski definition) is 1. The standard InChI is InChI=1S/C35H57NO3/c1-22-13-18-35(21-36-29(38)39-30(3,4)5)20-19-33(9)24(28(35)23(22)2)11-12-26-32(8)16-15-27(37)31(6,7)25(32)14-17-34(26,33)10/h11,22-23,25-26,28H,12-21H2,1-10H3,(H,36,38)/t22-,23+,25+,26-,28+,32+,33-,34-,35-/m1/s1. The molecular weight excluding hydrogens is 482 g/mol. The summed E-state index contributed by atoms with van der Waals surface area (Å²) >= 11 is 0. The fourth-order valence-electron chi connectivity index (χ4n) is 11.3. The molecule has 0 spiro atoms. The number of ketones is 1. The number of alkyl carbamates (subject to hydrolysis) is 1. The highest BCUT2D eigenvalue weighted by atomic mass is 16.6. The van der Waals surface area contributed by atoms with E-state index < -0.39 is 5.60 Å². The number of nitrogens with one attached hydrogen (secondary N) is 1. The number of ether oxygens (including phenoxy) is 1. The molecule has 0 bridgehead atoms. The normalized spacial score (nSPS) is 47.1. The molecule has 5 aliphatic carbocycles. The van der Waals surface area contributed by atoms with Gasteiger partial charge in [-0.3, -0.25) is 4.79 Å². The average molecular weight is 540 g/mol. The van der Waals surface area contributed by atoms with Crippen molar-refractivity contribution in [2.45, 2.75) is 133 Å². The third-order valence-corrected chi connectivity index (χ3v) is 13.9. The van der Waals surface area contributed by atoms with Gasteiger partial charge in [0.2, 0.25) is 0 Å². The second-order valence-corrected chi connectivity index (χ2v) is 17.0. The molecule has 0 aromatic carbocycles. The first kappa shape index (κ1) is 29.2. The second kappa shape index (κ2) is 9.09. The van der Waals surface area contributed by atoms with E-state index in [1.165, 1.54) is 38.5 Å². The number of amides is 1. The van der Waals surface area contributed by atoms with Crippen molar-refractivity contribution >= 4 is 11.9 Å². The Morgan fingerprint density at radius 2 is 1.67 bits per heavy atom. The lowest BCUT2D eigenvalue weighted by atomic mass is 9.33. The van der Waals surface area contributed by atoms with E-state index >= 15 is 0 Å². The quantitative estimate of drug-likeness (QED) is 0.357. The number of Topliss-reactive ketones (excluding diaryl/α,β-unsaturated/α-hetero) is 1. The summed E-state index contributed by atoms with van der Waals surface area (Å²) in [5.74, 6) is 3.38. The van der Waals surface area contributed by atoms with Crippen LogP contribution in [0.1, 0.15) is 127 Å². The van der Waals surface area contributed by atoms with Crippen molar-refractivity contribution in [1.29, 1.82) is 0 Å². The highest BCUT2D eigenvalue weighted by Crippen LogP contribution is 2.75. The maximum Gasteiger partial charge on any atom is 0.407 e. The summed E-state index contributed by atoms with van der Waals surface area (Å²) in [7, 11) is 0. The van der Waals surface area contributed by atoms with E-state index in [2.05, 4.69) is 59.9 Å². The van der Waals surface area contributed by atoms with Gasteiger partial charge in [-0.05, 0) is 123 Å². The summed E-state index contributed by atoms with van der Waals surface area (Å²) in [4.78, 5) is 25.8. The van der Waals surface area contributed by atoms with Gasteiger partial charge in [-0.2, -0.15) is 0 Å². The SMILES string of the molecule is C[C@H]1[C@H](C)CC[C@]2(CNC(=O)OC(C)(C)C)CC[C@]3(C)C(=CC[C@@H]4[C@@]5(C)CCC(=O)C(C)(C)[C@@H]5CC[C@]43C)[C@H]12. The Hall–Kier alpha value is -1.32. The number of fused-ring (bicyclic) bond motifs is 7. The highest BCUT2D eigenvalue weighted by molar-refractivity contribution is 5.85. The van der Waals surface area contributed by atoms with Gasteiger partial charge in [-0.15, -0.1) is 0 Å². The van der Waals surface area contributed by atoms with E-state index in [1.807, 2.05) is 20.8 Å². The van der Waals surface area contributed by atoms with Gasteiger partial charge in [0.25, 0.3) is 0 Å². The number of allylic oxidation sites excluding steroid dienone is 2. The number of hydrogen-bond acceptors (Lipinski definition) is 3. The van der Waals surface area contributed by atoms with Crippen LogP contribution in [0.15, 0.2) is 11.6 Å². The summed E-state index contributed by atoms with van der Waals surface area (Å²) in [5, 5.41) is 3.24. The van der Waals surface area contributed by atoms with Crippen LogP contribution in [0.25, 0.3) is 0 Å². The molecule has 0 aliphatic heterocycles. The predicted octanol–water partition coefficient (Wildman–Crippen LogP) is 8.74. The number of carbonyl (C=O) groups excluding carboxylic acids is 2. The Morgan fingerprint density at radius 3 is 2.33 bits per heavy atom. The fourth-order valence-corrected chi connectivity index (χ4v) is 11.3. The Kier molecular flexibility index (Phi) is 6.80. The zero-order valence-corrected chi connectivity index (χ0v) is 26.8. The lowest BCUT2D eigenvalue weighted by Crippen LogP contribution is -2.65. The molecule has 5 rings (SSSR count).